The number of carbonyl (C=O) groups is 2. The molecule has 8 heteroatoms. The molecule has 0 saturated heterocycles. The summed E-state index contributed by atoms with van der Waals surface area (Å²) in [5, 5.41) is 25.3. The molecule has 0 bridgehead atoms. The molecule has 0 spiro atoms. The Balaban J connectivity index is 1.63. The molecular formula is C22H19N3O5. The van der Waals surface area contributed by atoms with Crippen molar-refractivity contribution in [1.82, 2.24) is 5.43 Å². The Kier molecular flexibility index (Phi) is 6.29. The lowest BCUT2D eigenvalue weighted by Crippen LogP contribution is -2.18. The molecule has 30 heavy (non-hydrogen) atoms. The lowest BCUT2D eigenvalue weighted by atomic mass is 10.1. The number of phenols is 2. The Labute approximate surface area is 172 Å². The number of nitrogens with one attached hydrogen (secondary N) is 2. The Bertz CT molecular complexity index is 1090. The van der Waals surface area contributed by atoms with E-state index in [-0.39, 0.29) is 17.4 Å². The lowest BCUT2D eigenvalue weighted by Gasteiger charge is -2.08. The SMILES string of the molecule is COc1ccc(C(=O)Nc2cccc(C(=O)NN=Cc3ccc(O)c(O)c3)c2)cc1. The number of hydrogen-bond acceptors (Lipinski definition) is 6. The van der Waals surface area contributed by atoms with Crippen molar-refractivity contribution in [1.29, 1.82) is 0 Å². The molecule has 0 aliphatic heterocycles. The number of nitrogens with zero attached hydrogens (tertiary/aromatic N) is 1. The van der Waals surface area contributed by atoms with E-state index >= 15 is 0 Å². The normalized spacial score (nSPS) is 10.6. The third-order valence-corrected chi connectivity index (χ3v) is 4.11. The average molecular weight is 405 g/mol. The van der Waals surface area contributed by atoms with Crippen LogP contribution in [-0.4, -0.2) is 35.4 Å². The topological polar surface area (TPSA) is 120 Å². The zero-order valence-electron chi connectivity index (χ0n) is 16.0. The fraction of sp³-hybridized carbons (Fsp3) is 0.0455. The van der Waals surface area contributed by atoms with Crippen molar-refractivity contribution in [3.63, 3.8) is 0 Å². The molecule has 0 heterocycles. The first-order chi connectivity index (χ1) is 14.5. The van der Waals surface area contributed by atoms with Gasteiger partial charge in [-0.25, -0.2) is 5.43 Å². The summed E-state index contributed by atoms with van der Waals surface area (Å²) in [4.78, 5) is 24.7. The molecule has 3 rings (SSSR count). The molecule has 0 aliphatic rings. The number of ether oxygens (including phenoxy) is 1. The van der Waals surface area contributed by atoms with Crippen LogP contribution in [0.3, 0.4) is 0 Å². The summed E-state index contributed by atoms with van der Waals surface area (Å²) in [6.45, 7) is 0. The molecule has 2 amide bonds. The van der Waals surface area contributed by atoms with Crippen LogP contribution in [0.2, 0.25) is 0 Å². The van der Waals surface area contributed by atoms with E-state index in [1.165, 1.54) is 30.5 Å². The fourth-order valence-electron chi connectivity index (χ4n) is 2.53. The molecular weight excluding hydrogens is 386 g/mol. The first kappa shape index (κ1) is 20.4. The summed E-state index contributed by atoms with van der Waals surface area (Å²) in [6.07, 6.45) is 1.33. The quantitative estimate of drug-likeness (QED) is 0.285. The van der Waals surface area contributed by atoms with Crippen LogP contribution < -0.4 is 15.5 Å². The monoisotopic (exact) mass is 405 g/mol. The number of aromatic hydroxyl groups is 2. The third-order valence-electron chi connectivity index (χ3n) is 4.11. The van der Waals surface area contributed by atoms with Crippen molar-refractivity contribution in [2.45, 2.75) is 0 Å². The molecule has 0 saturated carbocycles. The number of anilines is 1. The van der Waals surface area contributed by atoms with Gasteiger partial charge in [0.1, 0.15) is 5.75 Å². The van der Waals surface area contributed by atoms with Crippen LogP contribution in [0.5, 0.6) is 17.2 Å². The van der Waals surface area contributed by atoms with Gasteiger partial charge in [0.2, 0.25) is 0 Å². The van der Waals surface area contributed by atoms with Crippen LogP contribution in [0.15, 0.2) is 71.8 Å². The van der Waals surface area contributed by atoms with Gasteiger partial charge in [0.25, 0.3) is 11.8 Å². The fourth-order valence-corrected chi connectivity index (χ4v) is 2.53. The van der Waals surface area contributed by atoms with E-state index < -0.39 is 5.91 Å². The van der Waals surface area contributed by atoms with Crippen molar-refractivity contribution in [2.24, 2.45) is 5.10 Å². The van der Waals surface area contributed by atoms with Crippen LogP contribution in [-0.2, 0) is 0 Å². The summed E-state index contributed by atoms with van der Waals surface area (Å²) < 4.78 is 5.07. The van der Waals surface area contributed by atoms with Gasteiger partial charge in [-0.1, -0.05) is 6.07 Å². The van der Waals surface area contributed by atoms with Crippen molar-refractivity contribution >= 4 is 23.7 Å². The zero-order valence-corrected chi connectivity index (χ0v) is 16.0. The number of benzene rings is 3. The molecule has 0 unspecified atom stereocenters. The number of phenolic OH excluding ortho intramolecular Hbond substituents is 2. The van der Waals surface area contributed by atoms with E-state index in [0.29, 0.717) is 28.1 Å². The third kappa shape index (κ3) is 5.14. The smallest absolute Gasteiger partial charge is 0.271 e. The Morgan fingerprint density at radius 1 is 0.900 bits per heavy atom. The van der Waals surface area contributed by atoms with E-state index in [0.717, 1.165) is 0 Å². The molecule has 0 fully saturated rings. The highest BCUT2D eigenvalue weighted by Gasteiger charge is 2.09. The number of rotatable bonds is 6. The number of hydrazone groups is 1. The first-order valence-electron chi connectivity index (χ1n) is 8.87. The predicted molar refractivity (Wildman–Crippen MR) is 112 cm³/mol. The molecule has 0 aliphatic carbocycles. The molecule has 3 aromatic rings. The zero-order chi connectivity index (χ0) is 21.5. The molecule has 8 nitrogen and oxygen atoms in total. The summed E-state index contributed by atoms with van der Waals surface area (Å²) in [7, 11) is 1.55. The number of hydrogen-bond donors (Lipinski definition) is 4. The summed E-state index contributed by atoms with van der Waals surface area (Å²) in [5.41, 5.74) is 4.06. The van der Waals surface area contributed by atoms with Crippen molar-refractivity contribution < 1.29 is 24.5 Å². The van der Waals surface area contributed by atoms with Gasteiger partial charge < -0.3 is 20.3 Å². The average Bonchev–Trinajstić information content (AvgIpc) is 2.76. The Morgan fingerprint density at radius 3 is 2.37 bits per heavy atom. The van der Waals surface area contributed by atoms with Crippen molar-refractivity contribution in [2.75, 3.05) is 12.4 Å². The van der Waals surface area contributed by atoms with E-state index in [4.69, 9.17) is 4.74 Å². The highest BCUT2D eigenvalue weighted by atomic mass is 16.5. The second kappa shape index (κ2) is 9.24. The molecule has 0 radical (unpaired) electrons. The minimum absolute atomic E-state index is 0.246. The van der Waals surface area contributed by atoms with Gasteiger partial charge >= 0.3 is 0 Å². The number of methoxy groups -OCH3 is 1. The highest BCUT2D eigenvalue weighted by molar-refractivity contribution is 6.05. The molecule has 0 atom stereocenters. The van der Waals surface area contributed by atoms with Crippen LogP contribution in [0.4, 0.5) is 5.69 Å². The molecule has 4 N–H and O–H groups in total. The van der Waals surface area contributed by atoms with Gasteiger partial charge in [0.05, 0.1) is 13.3 Å². The van der Waals surface area contributed by atoms with Gasteiger partial charge in [-0.15, -0.1) is 0 Å². The standard InChI is InChI=1S/C22H19N3O5/c1-30-18-8-6-15(7-9-18)21(28)24-17-4-2-3-16(12-17)22(29)25-23-13-14-5-10-19(26)20(27)11-14/h2-13,26-27H,1H3,(H,24,28)(H,25,29). The summed E-state index contributed by atoms with van der Waals surface area (Å²) in [6, 6.07) is 17.2. The molecule has 3 aromatic carbocycles. The summed E-state index contributed by atoms with van der Waals surface area (Å²) in [5.74, 6) is -0.682. The number of carbonyl (C=O) groups excluding carboxylic acids is 2. The van der Waals surface area contributed by atoms with Gasteiger partial charge in [-0.3, -0.25) is 9.59 Å². The molecule has 0 aromatic heterocycles. The van der Waals surface area contributed by atoms with Crippen molar-refractivity contribution in [3.05, 3.63) is 83.4 Å². The predicted octanol–water partition coefficient (Wildman–Crippen LogP) is 3.12. The molecule has 152 valence electrons. The van der Waals surface area contributed by atoms with E-state index in [2.05, 4.69) is 15.8 Å². The second-order valence-corrected chi connectivity index (χ2v) is 6.21. The van der Waals surface area contributed by atoms with Crippen LogP contribution in [0.25, 0.3) is 0 Å². The maximum absolute atomic E-state index is 12.4. The lowest BCUT2D eigenvalue weighted by molar-refractivity contribution is 0.0953. The maximum atomic E-state index is 12.4. The van der Waals surface area contributed by atoms with Crippen LogP contribution in [0, 0.1) is 0 Å². The van der Waals surface area contributed by atoms with E-state index in [1.807, 2.05) is 0 Å². The van der Waals surface area contributed by atoms with E-state index in [9.17, 15) is 19.8 Å². The van der Waals surface area contributed by atoms with Gasteiger partial charge in [0, 0.05) is 16.8 Å². The van der Waals surface area contributed by atoms with Crippen molar-refractivity contribution in [3.8, 4) is 17.2 Å². The largest absolute Gasteiger partial charge is 0.504 e. The Morgan fingerprint density at radius 2 is 1.67 bits per heavy atom. The van der Waals surface area contributed by atoms with E-state index in [1.54, 1.807) is 49.6 Å². The second-order valence-electron chi connectivity index (χ2n) is 6.21. The summed E-state index contributed by atoms with van der Waals surface area (Å²) >= 11 is 0. The highest BCUT2D eigenvalue weighted by Crippen LogP contribution is 2.24. The minimum Gasteiger partial charge on any atom is -0.504 e. The minimum atomic E-state index is -0.477. The maximum Gasteiger partial charge on any atom is 0.271 e. The van der Waals surface area contributed by atoms with Crippen LogP contribution >= 0.6 is 0 Å². The van der Waals surface area contributed by atoms with Gasteiger partial charge in [0.15, 0.2) is 11.5 Å². The number of amides is 2. The first-order valence-corrected chi connectivity index (χ1v) is 8.87. The van der Waals surface area contributed by atoms with Gasteiger partial charge in [-0.2, -0.15) is 5.10 Å². The Hall–Kier alpha value is -4.33. The van der Waals surface area contributed by atoms with Crippen LogP contribution in [0.1, 0.15) is 26.3 Å². The van der Waals surface area contributed by atoms with Gasteiger partial charge in [-0.05, 0) is 66.2 Å².